The van der Waals surface area contributed by atoms with E-state index >= 15 is 0 Å². The molecule has 1 saturated heterocycles. The molecule has 1 aliphatic heterocycles. The first-order valence-corrected chi connectivity index (χ1v) is 4.25. The van der Waals surface area contributed by atoms with E-state index in [1.54, 1.807) is 0 Å². The highest BCUT2D eigenvalue weighted by atomic mass is 79.9. The van der Waals surface area contributed by atoms with Crippen molar-refractivity contribution in [1.82, 2.24) is 0 Å². The number of hydrogen-bond donors (Lipinski definition) is 0. The predicted molar refractivity (Wildman–Crippen MR) is 46.5 cm³/mol. The Morgan fingerprint density at radius 2 is 1.90 bits per heavy atom. The Balaban J connectivity index is 2.20. The van der Waals surface area contributed by atoms with Gasteiger partial charge in [-0.25, -0.2) is 0 Å². The third-order valence-corrected chi connectivity index (χ3v) is 2.42. The Bertz CT molecular complexity index is 222. The van der Waals surface area contributed by atoms with E-state index < -0.39 is 0 Å². The van der Waals surface area contributed by atoms with E-state index in [4.69, 9.17) is 0 Å². The molecule has 0 amide bonds. The molecule has 1 aliphatic rings. The first-order valence-electron chi connectivity index (χ1n) is 3.34. The minimum Gasteiger partial charge on any atom is -0.354 e. The predicted octanol–water partition coefficient (Wildman–Crippen LogP) is 2.23. The topological polar surface area (TPSA) is 3.01 Å². The molecule has 1 aromatic rings. The molecule has 0 radical (unpaired) electrons. The molecule has 0 aliphatic carbocycles. The lowest BCUT2D eigenvalue weighted by Crippen LogP contribution is -1.91. The molecule has 0 spiro atoms. The Kier molecular flexibility index (Phi) is 1.42. The van der Waals surface area contributed by atoms with Crippen molar-refractivity contribution in [3.63, 3.8) is 0 Å². The first kappa shape index (κ1) is 6.23. The Morgan fingerprint density at radius 3 is 2.40 bits per heavy atom. The molecular weight excluding hydrogens is 190 g/mol. The molecule has 1 heterocycles. The van der Waals surface area contributed by atoms with Crippen molar-refractivity contribution in [2.45, 2.75) is 4.95 Å². The Hall–Kier alpha value is -0.500. The number of hydrogen-bond acceptors (Lipinski definition) is 1. The quantitative estimate of drug-likeness (QED) is 0.380. The van der Waals surface area contributed by atoms with Crippen molar-refractivity contribution in [2.75, 3.05) is 11.4 Å². The molecule has 1 atom stereocenters. The maximum Gasteiger partial charge on any atom is 0.102 e. The summed E-state index contributed by atoms with van der Waals surface area (Å²) in [5, 5.41) is 0. The molecule has 1 nitrogen and oxygen atoms in total. The molecule has 1 unspecified atom stereocenters. The number of benzene rings is 1. The van der Waals surface area contributed by atoms with Gasteiger partial charge in [0.2, 0.25) is 0 Å². The van der Waals surface area contributed by atoms with Crippen LogP contribution in [-0.4, -0.2) is 11.5 Å². The maximum atomic E-state index is 3.51. The van der Waals surface area contributed by atoms with Crippen LogP contribution in [0.5, 0.6) is 0 Å². The van der Waals surface area contributed by atoms with Crippen molar-refractivity contribution >= 4 is 21.6 Å². The second-order valence-electron chi connectivity index (χ2n) is 2.42. The molecule has 2 rings (SSSR count). The third kappa shape index (κ3) is 1.03. The van der Waals surface area contributed by atoms with Gasteiger partial charge < -0.3 is 4.90 Å². The van der Waals surface area contributed by atoms with Gasteiger partial charge in [-0.05, 0) is 12.1 Å². The molecular formula is C8H8BrN. The molecule has 2 heteroatoms. The van der Waals surface area contributed by atoms with Crippen LogP contribution in [0, 0.1) is 0 Å². The van der Waals surface area contributed by atoms with Gasteiger partial charge >= 0.3 is 0 Å². The summed E-state index contributed by atoms with van der Waals surface area (Å²) in [6.07, 6.45) is 0. The van der Waals surface area contributed by atoms with Crippen molar-refractivity contribution in [3.05, 3.63) is 30.3 Å². The summed E-state index contributed by atoms with van der Waals surface area (Å²) in [4.78, 5) is 2.87. The minimum atomic E-state index is 0.579. The Labute approximate surface area is 68.8 Å². The van der Waals surface area contributed by atoms with Crippen molar-refractivity contribution in [1.29, 1.82) is 0 Å². The molecule has 1 fully saturated rings. The number of halogens is 1. The zero-order valence-corrected chi connectivity index (χ0v) is 7.08. The largest absolute Gasteiger partial charge is 0.354 e. The molecule has 1 aromatic carbocycles. The standard InChI is InChI=1S/C8H8BrN/c9-8-6-10(8)7-4-2-1-3-5-7/h1-5,8H,6H2. The second-order valence-corrected chi connectivity index (χ2v) is 3.48. The van der Waals surface area contributed by atoms with Crippen LogP contribution < -0.4 is 4.90 Å². The number of nitrogens with zero attached hydrogens (tertiary/aromatic N) is 1. The van der Waals surface area contributed by atoms with Gasteiger partial charge in [-0.2, -0.15) is 0 Å². The summed E-state index contributed by atoms with van der Waals surface area (Å²) >= 11 is 3.51. The lowest BCUT2D eigenvalue weighted by atomic mass is 10.3. The van der Waals surface area contributed by atoms with Gasteiger partial charge in [0.25, 0.3) is 0 Å². The molecule has 10 heavy (non-hydrogen) atoms. The SMILES string of the molecule is BrC1CN1c1ccccc1. The van der Waals surface area contributed by atoms with Crippen LogP contribution in [0.25, 0.3) is 0 Å². The first-order chi connectivity index (χ1) is 4.88. The van der Waals surface area contributed by atoms with Gasteiger partial charge in [0.1, 0.15) is 4.95 Å². The van der Waals surface area contributed by atoms with Crippen LogP contribution in [0.4, 0.5) is 5.69 Å². The molecule has 0 N–H and O–H groups in total. The van der Waals surface area contributed by atoms with E-state index in [0.717, 1.165) is 6.54 Å². The van der Waals surface area contributed by atoms with Gasteiger partial charge in [0.15, 0.2) is 0 Å². The number of anilines is 1. The van der Waals surface area contributed by atoms with E-state index in [0.29, 0.717) is 4.95 Å². The zero-order chi connectivity index (χ0) is 6.97. The zero-order valence-electron chi connectivity index (χ0n) is 5.50. The van der Waals surface area contributed by atoms with Gasteiger partial charge in [-0.15, -0.1) is 0 Å². The van der Waals surface area contributed by atoms with E-state index in [1.807, 2.05) is 6.07 Å². The van der Waals surface area contributed by atoms with Crippen molar-refractivity contribution < 1.29 is 0 Å². The van der Waals surface area contributed by atoms with E-state index in [2.05, 4.69) is 45.1 Å². The van der Waals surface area contributed by atoms with Crippen LogP contribution in [-0.2, 0) is 0 Å². The fraction of sp³-hybridized carbons (Fsp3) is 0.250. The van der Waals surface area contributed by atoms with E-state index in [1.165, 1.54) is 5.69 Å². The summed E-state index contributed by atoms with van der Waals surface area (Å²) in [7, 11) is 0. The van der Waals surface area contributed by atoms with Crippen LogP contribution in [0.1, 0.15) is 0 Å². The number of para-hydroxylation sites is 1. The van der Waals surface area contributed by atoms with Crippen molar-refractivity contribution in [2.24, 2.45) is 0 Å². The molecule has 0 saturated carbocycles. The summed E-state index contributed by atoms with van der Waals surface area (Å²) in [6, 6.07) is 10.4. The normalized spacial score (nSPS) is 22.9. The van der Waals surface area contributed by atoms with Gasteiger partial charge in [-0.3, -0.25) is 0 Å². The van der Waals surface area contributed by atoms with Crippen LogP contribution >= 0.6 is 15.9 Å². The second kappa shape index (κ2) is 2.27. The number of rotatable bonds is 1. The van der Waals surface area contributed by atoms with Crippen LogP contribution in [0.2, 0.25) is 0 Å². The lowest BCUT2D eigenvalue weighted by molar-refractivity contribution is 1.38. The highest BCUT2D eigenvalue weighted by Gasteiger charge is 2.30. The smallest absolute Gasteiger partial charge is 0.102 e. The Morgan fingerprint density at radius 1 is 1.30 bits per heavy atom. The van der Waals surface area contributed by atoms with Gasteiger partial charge in [0.05, 0.1) is 0 Å². The molecule has 0 bridgehead atoms. The van der Waals surface area contributed by atoms with Gasteiger partial charge in [0, 0.05) is 12.2 Å². The number of alkyl halides is 1. The summed E-state index contributed by atoms with van der Waals surface area (Å²) in [6.45, 7) is 1.14. The fourth-order valence-corrected chi connectivity index (χ4v) is 1.55. The summed E-state index contributed by atoms with van der Waals surface area (Å²) < 4.78 is 0. The lowest BCUT2D eigenvalue weighted by Gasteiger charge is -1.99. The average molecular weight is 198 g/mol. The summed E-state index contributed by atoms with van der Waals surface area (Å²) in [5.74, 6) is 0. The molecule has 0 aromatic heterocycles. The highest BCUT2D eigenvalue weighted by Crippen LogP contribution is 2.30. The van der Waals surface area contributed by atoms with E-state index in [9.17, 15) is 0 Å². The van der Waals surface area contributed by atoms with Crippen LogP contribution in [0.15, 0.2) is 30.3 Å². The highest BCUT2D eigenvalue weighted by molar-refractivity contribution is 9.09. The van der Waals surface area contributed by atoms with Crippen molar-refractivity contribution in [3.8, 4) is 0 Å². The fourth-order valence-electron chi connectivity index (χ4n) is 1.00. The van der Waals surface area contributed by atoms with E-state index in [-0.39, 0.29) is 0 Å². The summed E-state index contributed by atoms with van der Waals surface area (Å²) in [5.41, 5.74) is 1.31. The van der Waals surface area contributed by atoms with Crippen LogP contribution in [0.3, 0.4) is 0 Å². The maximum absolute atomic E-state index is 3.51. The van der Waals surface area contributed by atoms with Gasteiger partial charge in [-0.1, -0.05) is 34.1 Å². The minimum absolute atomic E-state index is 0.579. The third-order valence-electron chi connectivity index (χ3n) is 1.64. The monoisotopic (exact) mass is 197 g/mol. The molecule has 52 valence electrons. The average Bonchev–Trinajstić information content (AvgIpc) is 2.69.